The summed E-state index contributed by atoms with van der Waals surface area (Å²) in [6, 6.07) is 3.64. The van der Waals surface area contributed by atoms with Gasteiger partial charge in [-0.25, -0.2) is 4.98 Å². The standard InChI is InChI=1S/C17H23N3O3S/c1-13(16(21)20-8-10-23-11-9-20)24-15-5-4-14(12-18-15)17(22)19-6-2-3-7-19/h4-5,12-13H,2-3,6-11H2,1H3/t13-/m1/s1. The molecule has 0 bridgehead atoms. The molecule has 6 nitrogen and oxygen atoms in total. The van der Waals surface area contributed by atoms with Crippen molar-refractivity contribution in [2.75, 3.05) is 39.4 Å². The number of hydrogen-bond donors (Lipinski definition) is 0. The number of carbonyl (C=O) groups is 2. The molecule has 24 heavy (non-hydrogen) atoms. The van der Waals surface area contributed by atoms with E-state index >= 15 is 0 Å². The van der Waals surface area contributed by atoms with Crippen LogP contribution < -0.4 is 0 Å². The summed E-state index contributed by atoms with van der Waals surface area (Å²) in [4.78, 5) is 32.8. The predicted molar refractivity (Wildman–Crippen MR) is 92.1 cm³/mol. The maximum absolute atomic E-state index is 12.4. The lowest BCUT2D eigenvalue weighted by atomic mass is 10.2. The van der Waals surface area contributed by atoms with Crippen LogP contribution in [0.1, 0.15) is 30.1 Å². The molecule has 2 saturated heterocycles. The molecular formula is C17H23N3O3S. The molecule has 7 heteroatoms. The van der Waals surface area contributed by atoms with Crippen LogP contribution in [0.15, 0.2) is 23.4 Å². The number of hydrogen-bond acceptors (Lipinski definition) is 5. The van der Waals surface area contributed by atoms with Gasteiger partial charge in [-0.2, -0.15) is 0 Å². The zero-order valence-electron chi connectivity index (χ0n) is 13.9. The molecular weight excluding hydrogens is 326 g/mol. The first-order chi connectivity index (χ1) is 11.6. The summed E-state index contributed by atoms with van der Waals surface area (Å²) in [5.74, 6) is 0.163. The van der Waals surface area contributed by atoms with Gasteiger partial charge in [-0.05, 0) is 31.9 Å². The Morgan fingerprint density at radius 1 is 1.12 bits per heavy atom. The number of likely N-dealkylation sites (tertiary alicyclic amines) is 1. The Bertz CT molecular complexity index is 581. The summed E-state index contributed by atoms with van der Waals surface area (Å²) in [5, 5.41) is 0.567. The molecule has 0 radical (unpaired) electrons. The van der Waals surface area contributed by atoms with Crippen molar-refractivity contribution in [1.29, 1.82) is 0 Å². The van der Waals surface area contributed by atoms with Gasteiger partial charge in [0.25, 0.3) is 5.91 Å². The van der Waals surface area contributed by atoms with E-state index in [2.05, 4.69) is 4.98 Å². The summed E-state index contributed by atoms with van der Waals surface area (Å²) in [5.41, 5.74) is 0.619. The molecule has 0 spiro atoms. The van der Waals surface area contributed by atoms with Crippen LogP contribution in [-0.2, 0) is 9.53 Å². The van der Waals surface area contributed by atoms with Crippen LogP contribution in [0.4, 0.5) is 0 Å². The number of thioether (sulfide) groups is 1. The van der Waals surface area contributed by atoms with Crippen molar-refractivity contribution in [3.05, 3.63) is 23.9 Å². The van der Waals surface area contributed by atoms with E-state index < -0.39 is 0 Å². The van der Waals surface area contributed by atoms with Crippen molar-refractivity contribution >= 4 is 23.6 Å². The van der Waals surface area contributed by atoms with E-state index in [4.69, 9.17) is 4.74 Å². The number of pyridine rings is 1. The van der Waals surface area contributed by atoms with Gasteiger partial charge in [0.05, 0.1) is 29.1 Å². The molecule has 3 heterocycles. The molecule has 2 amide bonds. The Labute approximate surface area is 146 Å². The van der Waals surface area contributed by atoms with Crippen molar-refractivity contribution in [3.8, 4) is 0 Å². The molecule has 2 fully saturated rings. The molecule has 0 N–H and O–H groups in total. The van der Waals surface area contributed by atoms with E-state index in [-0.39, 0.29) is 17.1 Å². The number of rotatable bonds is 4. The first-order valence-corrected chi connectivity index (χ1v) is 9.31. The minimum atomic E-state index is -0.198. The molecule has 0 unspecified atom stereocenters. The quantitative estimate of drug-likeness (QED) is 0.774. The van der Waals surface area contributed by atoms with Crippen molar-refractivity contribution in [1.82, 2.24) is 14.8 Å². The van der Waals surface area contributed by atoms with Gasteiger partial charge in [0.2, 0.25) is 5.91 Å². The second-order valence-electron chi connectivity index (χ2n) is 6.08. The Balaban J connectivity index is 1.57. The molecule has 1 aromatic heterocycles. The first-order valence-electron chi connectivity index (χ1n) is 8.43. The normalized spacial score (nSPS) is 19.4. The molecule has 1 atom stereocenters. The Morgan fingerprint density at radius 3 is 2.46 bits per heavy atom. The largest absolute Gasteiger partial charge is 0.378 e. The second kappa shape index (κ2) is 7.98. The summed E-state index contributed by atoms with van der Waals surface area (Å²) < 4.78 is 5.28. The molecule has 0 saturated carbocycles. The van der Waals surface area contributed by atoms with Gasteiger partial charge in [-0.3, -0.25) is 9.59 Å². The van der Waals surface area contributed by atoms with Gasteiger partial charge in [-0.15, -0.1) is 0 Å². The average molecular weight is 349 g/mol. The minimum absolute atomic E-state index is 0.0500. The van der Waals surface area contributed by atoms with Crippen LogP contribution in [0.2, 0.25) is 0 Å². The topological polar surface area (TPSA) is 62.7 Å². The zero-order valence-corrected chi connectivity index (χ0v) is 14.8. The van der Waals surface area contributed by atoms with Gasteiger partial charge >= 0.3 is 0 Å². The third kappa shape index (κ3) is 4.08. The fourth-order valence-electron chi connectivity index (χ4n) is 2.95. The van der Waals surface area contributed by atoms with Crippen LogP contribution in [0, 0.1) is 0 Å². The highest BCUT2D eigenvalue weighted by Crippen LogP contribution is 2.23. The fraction of sp³-hybridized carbons (Fsp3) is 0.588. The van der Waals surface area contributed by atoms with Crippen molar-refractivity contribution in [2.45, 2.75) is 30.0 Å². The van der Waals surface area contributed by atoms with Gasteiger partial charge < -0.3 is 14.5 Å². The summed E-state index contributed by atoms with van der Waals surface area (Å²) >= 11 is 1.43. The van der Waals surface area contributed by atoms with E-state index in [0.717, 1.165) is 31.0 Å². The Kier molecular flexibility index (Phi) is 5.73. The number of aromatic nitrogens is 1. The maximum atomic E-state index is 12.4. The van der Waals surface area contributed by atoms with Crippen LogP contribution in [0.5, 0.6) is 0 Å². The van der Waals surface area contributed by atoms with Gasteiger partial charge in [0.15, 0.2) is 0 Å². The molecule has 130 valence electrons. The Hall–Kier alpha value is -1.60. The Morgan fingerprint density at radius 2 is 1.83 bits per heavy atom. The van der Waals surface area contributed by atoms with Crippen LogP contribution in [-0.4, -0.2) is 71.2 Å². The van der Waals surface area contributed by atoms with Crippen LogP contribution in [0.3, 0.4) is 0 Å². The highest BCUT2D eigenvalue weighted by Gasteiger charge is 2.24. The van der Waals surface area contributed by atoms with Gasteiger partial charge in [0.1, 0.15) is 0 Å². The third-order valence-electron chi connectivity index (χ3n) is 4.34. The third-order valence-corrected chi connectivity index (χ3v) is 5.38. The number of ether oxygens (including phenoxy) is 1. The minimum Gasteiger partial charge on any atom is -0.378 e. The molecule has 2 aliphatic heterocycles. The average Bonchev–Trinajstić information content (AvgIpc) is 3.16. The SMILES string of the molecule is C[C@@H](Sc1ccc(C(=O)N2CCCC2)cn1)C(=O)N1CCOCC1. The lowest BCUT2D eigenvalue weighted by molar-refractivity contribution is -0.134. The van der Waals surface area contributed by atoms with Gasteiger partial charge in [0, 0.05) is 32.4 Å². The van der Waals surface area contributed by atoms with E-state index in [9.17, 15) is 9.59 Å². The maximum Gasteiger partial charge on any atom is 0.255 e. The molecule has 2 aliphatic rings. The lowest BCUT2D eigenvalue weighted by Crippen LogP contribution is -2.44. The highest BCUT2D eigenvalue weighted by atomic mass is 32.2. The molecule has 0 aliphatic carbocycles. The number of morpholine rings is 1. The van der Waals surface area contributed by atoms with Gasteiger partial charge in [-0.1, -0.05) is 11.8 Å². The molecule has 1 aromatic rings. The van der Waals surface area contributed by atoms with Crippen LogP contribution >= 0.6 is 11.8 Å². The van der Waals surface area contributed by atoms with E-state index in [1.54, 1.807) is 6.20 Å². The van der Waals surface area contributed by atoms with Crippen molar-refractivity contribution < 1.29 is 14.3 Å². The first kappa shape index (κ1) is 17.2. The monoisotopic (exact) mass is 349 g/mol. The van der Waals surface area contributed by atoms with Crippen molar-refractivity contribution in [3.63, 3.8) is 0 Å². The van der Waals surface area contributed by atoms with E-state index in [1.165, 1.54) is 11.8 Å². The summed E-state index contributed by atoms with van der Waals surface area (Å²) in [7, 11) is 0. The van der Waals surface area contributed by atoms with E-state index in [1.807, 2.05) is 28.9 Å². The van der Waals surface area contributed by atoms with E-state index in [0.29, 0.717) is 31.9 Å². The number of nitrogens with zero attached hydrogens (tertiary/aromatic N) is 3. The molecule has 3 rings (SSSR count). The summed E-state index contributed by atoms with van der Waals surface area (Å²) in [6.07, 6.45) is 3.78. The fourth-order valence-corrected chi connectivity index (χ4v) is 3.82. The lowest BCUT2D eigenvalue weighted by Gasteiger charge is -2.28. The number of amides is 2. The second-order valence-corrected chi connectivity index (χ2v) is 7.44. The molecule has 0 aromatic carbocycles. The number of carbonyl (C=O) groups excluding carboxylic acids is 2. The smallest absolute Gasteiger partial charge is 0.255 e. The van der Waals surface area contributed by atoms with Crippen molar-refractivity contribution in [2.24, 2.45) is 0 Å². The summed E-state index contributed by atoms with van der Waals surface area (Å²) in [6.45, 7) is 6.08. The van der Waals surface area contributed by atoms with Crippen LogP contribution in [0.25, 0.3) is 0 Å². The zero-order chi connectivity index (χ0) is 16.9. The highest BCUT2D eigenvalue weighted by molar-refractivity contribution is 8.00. The predicted octanol–water partition coefficient (Wildman–Crippen LogP) is 1.66.